The van der Waals surface area contributed by atoms with Crippen LogP contribution in [0.25, 0.3) is 0 Å². The second-order valence-electron chi connectivity index (χ2n) is 20.4. The minimum Gasteiger partial charge on any atom is -0.469 e. The molecule has 7 rings (SSSR count). The van der Waals surface area contributed by atoms with Gasteiger partial charge in [-0.05, 0) is 128 Å². The number of allylic oxidation sites excluding steroid dienone is 2. The van der Waals surface area contributed by atoms with E-state index in [1.807, 2.05) is 13.0 Å². The van der Waals surface area contributed by atoms with Crippen LogP contribution >= 0.6 is 0 Å². The Morgan fingerprint density at radius 1 is 0.917 bits per heavy atom. The molecule has 9 atom stereocenters. The van der Waals surface area contributed by atoms with Crippen molar-refractivity contribution in [3.63, 3.8) is 0 Å². The Balaban J connectivity index is 0.961. The molecule has 4 saturated carbocycles. The maximum absolute atomic E-state index is 14.8. The Kier molecular flexibility index (Phi) is 11.3. The molecule has 1 aromatic carbocycles. The number of rotatable bonds is 12. The number of nitrogens with zero attached hydrogens (tertiary/aromatic N) is 2. The van der Waals surface area contributed by atoms with E-state index in [9.17, 15) is 32.8 Å². The smallest absolute Gasteiger partial charge is 0.414 e. The highest BCUT2D eigenvalue weighted by Crippen LogP contribution is 2.75. The van der Waals surface area contributed by atoms with Gasteiger partial charge in [0.15, 0.2) is 5.78 Å². The summed E-state index contributed by atoms with van der Waals surface area (Å²) in [4.78, 5) is 53.6. The summed E-state index contributed by atoms with van der Waals surface area (Å²) in [6, 6.07) is 7.36. The van der Waals surface area contributed by atoms with Crippen molar-refractivity contribution in [2.75, 3.05) is 13.7 Å². The maximum Gasteiger partial charge on any atom is 0.414 e. The first-order valence-electron chi connectivity index (χ1n) is 21.7. The predicted octanol–water partition coefficient (Wildman–Crippen LogP) is 7.71. The van der Waals surface area contributed by atoms with Crippen LogP contribution in [0.4, 0.5) is 0 Å². The molecule has 60 heavy (non-hydrogen) atoms. The van der Waals surface area contributed by atoms with Crippen LogP contribution in [-0.2, 0) is 38.5 Å². The van der Waals surface area contributed by atoms with Gasteiger partial charge in [-0.2, -0.15) is 0 Å². The molecule has 0 radical (unpaired) electrons. The van der Waals surface area contributed by atoms with Crippen LogP contribution in [0.3, 0.4) is 0 Å². The Bertz CT molecular complexity index is 2180. The van der Waals surface area contributed by atoms with Crippen LogP contribution in [0.15, 0.2) is 56.5 Å². The van der Waals surface area contributed by atoms with Gasteiger partial charge >= 0.3 is 22.8 Å². The van der Waals surface area contributed by atoms with E-state index in [0.29, 0.717) is 12.8 Å². The maximum atomic E-state index is 14.8. The summed E-state index contributed by atoms with van der Waals surface area (Å²) < 4.78 is 47.4. The number of benzene rings is 1. The first kappa shape index (κ1) is 44.0. The average Bonchev–Trinajstić information content (AvgIpc) is 3.58. The van der Waals surface area contributed by atoms with Crippen LogP contribution in [0, 0.1) is 55.5 Å². The number of carbonyl (C=O) groups excluding carboxylic acids is 4. The van der Waals surface area contributed by atoms with E-state index >= 15 is 0 Å². The molecule has 0 bridgehead atoms. The molecule has 4 fully saturated rings. The van der Waals surface area contributed by atoms with Crippen molar-refractivity contribution in [2.45, 2.75) is 148 Å². The molecule has 0 saturated heterocycles. The van der Waals surface area contributed by atoms with Crippen molar-refractivity contribution < 1.29 is 51.3 Å². The number of ether oxygens (including phenoxy) is 3. The first-order valence-corrected chi connectivity index (χ1v) is 23.1. The molecule has 328 valence electrons. The van der Waals surface area contributed by atoms with Crippen molar-refractivity contribution in [1.82, 2.24) is 5.16 Å². The Hall–Kier alpha value is -4.07. The van der Waals surface area contributed by atoms with Gasteiger partial charge < -0.3 is 19.4 Å². The highest BCUT2D eigenvalue weighted by molar-refractivity contribution is 7.91. The number of carbonyl (C=O) groups is 4. The Morgan fingerprint density at radius 3 is 2.32 bits per heavy atom. The van der Waals surface area contributed by atoms with Crippen molar-refractivity contribution >= 4 is 33.3 Å². The molecular weight excluding hydrogens is 789 g/mol. The van der Waals surface area contributed by atoms with Crippen molar-refractivity contribution in [3.8, 4) is 5.88 Å². The summed E-state index contributed by atoms with van der Waals surface area (Å²) in [5, 5.41) is 14.8. The minimum atomic E-state index is -4.27. The fourth-order valence-corrected chi connectivity index (χ4v) is 14.4. The molecule has 0 spiro atoms. The zero-order chi connectivity index (χ0) is 43.7. The standard InChI is InChI=1S/C46H62N2O11S/c1-41(2)34-18-21-46(7)37(33(50)27-31-32-28-43(4,40(52)56-8)23-22-42(32,3)24-25-45(31,46)6)44(34,5)20-19-35(41)58-36(51)17-16-29(49)13-12-26-57-38-39(48(53)59-47-38)60(54,55)30-14-10-9-11-15-30/h9-11,14-15,27,32,34-35,37H,12-13,16-26,28H2,1-8H3/t32-,34-,35-,37+,42+,43-,44-,45+,46+/m0/s1. The van der Waals surface area contributed by atoms with Gasteiger partial charge in [0.2, 0.25) is 0 Å². The zero-order valence-corrected chi connectivity index (χ0v) is 37.3. The highest BCUT2D eigenvalue weighted by atomic mass is 32.2. The zero-order valence-electron chi connectivity index (χ0n) is 36.5. The van der Waals surface area contributed by atoms with E-state index in [0.717, 1.165) is 44.9 Å². The fraction of sp³-hybridized carbons (Fsp3) is 0.696. The van der Waals surface area contributed by atoms with Gasteiger partial charge in [0.1, 0.15) is 11.9 Å². The molecule has 14 heteroatoms. The third kappa shape index (κ3) is 7.00. The minimum absolute atomic E-state index is 0.0215. The number of hydrogen-bond acceptors (Lipinski definition) is 12. The summed E-state index contributed by atoms with van der Waals surface area (Å²) in [7, 11) is -2.80. The molecule has 0 N–H and O–H groups in total. The number of hydrogen-bond donors (Lipinski definition) is 0. The molecule has 13 nitrogen and oxygen atoms in total. The lowest BCUT2D eigenvalue weighted by molar-refractivity contribution is -0.832. The lowest BCUT2D eigenvalue weighted by Gasteiger charge is -2.70. The van der Waals surface area contributed by atoms with Crippen molar-refractivity contribution in [2.24, 2.45) is 50.2 Å². The van der Waals surface area contributed by atoms with Gasteiger partial charge in [0, 0.05) is 24.2 Å². The van der Waals surface area contributed by atoms with E-state index in [1.165, 1.54) is 36.9 Å². The van der Waals surface area contributed by atoms with Gasteiger partial charge in [0.05, 0.1) is 35.6 Å². The molecule has 0 unspecified atom stereocenters. The lowest BCUT2D eigenvalue weighted by atomic mass is 9.33. The van der Waals surface area contributed by atoms with Crippen LogP contribution in [-0.4, -0.2) is 56.9 Å². The van der Waals surface area contributed by atoms with E-state index in [4.69, 9.17) is 14.2 Å². The normalized spacial score (nSPS) is 35.7. The molecule has 1 aromatic heterocycles. The van der Waals surface area contributed by atoms with E-state index in [1.54, 1.807) is 6.07 Å². The molecule has 5 aliphatic carbocycles. The summed E-state index contributed by atoms with van der Waals surface area (Å²) in [6.45, 7) is 15.7. The number of ketones is 2. The van der Waals surface area contributed by atoms with Gasteiger partial charge in [0.25, 0.3) is 9.84 Å². The van der Waals surface area contributed by atoms with Crippen molar-refractivity contribution in [1.29, 1.82) is 0 Å². The van der Waals surface area contributed by atoms with E-state index < -0.39 is 37.5 Å². The number of esters is 2. The highest BCUT2D eigenvalue weighted by Gasteiger charge is 2.70. The lowest BCUT2D eigenvalue weighted by Crippen LogP contribution is -2.66. The molecule has 1 heterocycles. The molecule has 0 amide bonds. The molecule has 0 aliphatic heterocycles. The van der Waals surface area contributed by atoms with Gasteiger partial charge in [-0.15, -0.1) is 0 Å². The Labute approximate surface area is 353 Å². The average molecular weight is 851 g/mol. The summed E-state index contributed by atoms with van der Waals surface area (Å²) in [5.74, 6) is -0.983. The number of methoxy groups -OCH3 is 1. The van der Waals surface area contributed by atoms with Gasteiger partial charge in [-0.3, -0.25) is 23.8 Å². The molecule has 5 aliphatic rings. The third-order valence-electron chi connectivity index (χ3n) is 16.8. The van der Waals surface area contributed by atoms with Crippen LogP contribution in [0.1, 0.15) is 132 Å². The first-order chi connectivity index (χ1) is 28.1. The number of fused-ring (bicyclic) bond motifs is 7. The third-order valence-corrected chi connectivity index (χ3v) is 18.5. The topological polar surface area (TPSA) is 183 Å². The summed E-state index contributed by atoms with van der Waals surface area (Å²) in [5.41, 5.74) is -0.462. The number of aromatic nitrogens is 2. The monoisotopic (exact) mass is 850 g/mol. The molecule has 2 aromatic rings. The Morgan fingerprint density at radius 2 is 1.62 bits per heavy atom. The van der Waals surface area contributed by atoms with E-state index in [2.05, 4.69) is 51.3 Å². The largest absolute Gasteiger partial charge is 0.469 e. The van der Waals surface area contributed by atoms with Crippen LogP contribution in [0.2, 0.25) is 0 Å². The van der Waals surface area contributed by atoms with E-state index in [-0.39, 0.29) is 105 Å². The predicted molar refractivity (Wildman–Crippen MR) is 218 cm³/mol. The van der Waals surface area contributed by atoms with Gasteiger partial charge in [-0.25, -0.2) is 8.42 Å². The quantitative estimate of drug-likeness (QED) is 0.115. The fourth-order valence-electron chi connectivity index (χ4n) is 13.1. The van der Waals surface area contributed by atoms with Gasteiger partial charge in [-0.1, -0.05) is 65.3 Å². The molecular formula is C46H62N2O11S. The van der Waals surface area contributed by atoms with Crippen LogP contribution in [0.5, 0.6) is 5.88 Å². The van der Waals surface area contributed by atoms with Crippen molar-refractivity contribution in [3.05, 3.63) is 47.2 Å². The SMILES string of the molecule is COC(=O)[C@@]1(C)CC[C@]2(C)CC[C@]3(C)C(=CC(=O)[C@@H]4[C@@]5(C)CC[C@H](OC(=O)CCC(=O)CCCOc6no[n+]([O-])c6S(=O)(=O)c6ccccc6)C(C)(C)[C@@H]5CC[C@]43C)[C@@H]2C1. The second kappa shape index (κ2) is 15.4. The summed E-state index contributed by atoms with van der Waals surface area (Å²) in [6.07, 6.45) is 9.47. The second-order valence-corrected chi connectivity index (χ2v) is 22.3. The van der Waals surface area contributed by atoms with Crippen LogP contribution < -0.4 is 9.64 Å². The summed E-state index contributed by atoms with van der Waals surface area (Å²) >= 11 is 0. The number of sulfone groups is 1. The number of Topliss-reactive ketones (excluding diaryl/α,β-unsaturated/α-hetero) is 1.